The molecule has 154 valence electrons. The largest absolute Gasteiger partial charge is 0.371 e. The van der Waals surface area contributed by atoms with Crippen LogP contribution in [0.5, 0.6) is 0 Å². The summed E-state index contributed by atoms with van der Waals surface area (Å²) in [4.78, 5) is 30.2. The van der Waals surface area contributed by atoms with Crippen LogP contribution in [0, 0.1) is 6.92 Å². The Labute approximate surface area is 175 Å². The Balaban J connectivity index is 1.50. The number of hydrogen-bond acceptors (Lipinski definition) is 4. The van der Waals surface area contributed by atoms with Crippen LogP contribution in [0.1, 0.15) is 40.7 Å². The number of benzene rings is 1. The molecular weight excluding hydrogens is 378 g/mol. The first-order valence-corrected chi connectivity index (χ1v) is 10.2. The van der Waals surface area contributed by atoms with Gasteiger partial charge >= 0.3 is 0 Å². The van der Waals surface area contributed by atoms with E-state index in [9.17, 15) is 9.59 Å². The number of amides is 1. The molecule has 1 aliphatic rings. The zero-order valence-corrected chi connectivity index (χ0v) is 17.0. The van der Waals surface area contributed by atoms with Crippen LogP contribution < -0.4 is 10.9 Å². The molecule has 1 fully saturated rings. The second kappa shape index (κ2) is 9.05. The highest BCUT2D eigenvalue weighted by molar-refractivity contribution is 5.95. The molecule has 1 aliphatic carbocycles. The van der Waals surface area contributed by atoms with Gasteiger partial charge in [-0.3, -0.25) is 19.1 Å². The van der Waals surface area contributed by atoms with Crippen molar-refractivity contribution in [2.24, 2.45) is 0 Å². The summed E-state index contributed by atoms with van der Waals surface area (Å²) in [7, 11) is 0. The first-order valence-electron chi connectivity index (χ1n) is 10.2. The summed E-state index contributed by atoms with van der Waals surface area (Å²) in [5.74, 6) is -0.351. The Bertz CT molecular complexity index is 1060. The van der Waals surface area contributed by atoms with Crippen molar-refractivity contribution in [2.45, 2.75) is 44.9 Å². The minimum atomic E-state index is -0.351. The number of carbonyl (C=O) groups excluding carboxylic acids is 1. The van der Waals surface area contributed by atoms with E-state index in [-0.39, 0.29) is 29.2 Å². The van der Waals surface area contributed by atoms with Gasteiger partial charge in [-0.25, -0.2) is 0 Å². The minimum Gasteiger partial charge on any atom is -0.371 e. The second-order valence-electron chi connectivity index (χ2n) is 7.61. The van der Waals surface area contributed by atoms with Gasteiger partial charge in [-0.05, 0) is 55.5 Å². The fourth-order valence-electron chi connectivity index (χ4n) is 3.91. The van der Waals surface area contributed by atoms with Gasteiger partial charge in [-0.1, -0.05) is 30.3 Å². The lowest BCUT2D eigenvalue weighted by Crippen LogP contribution is -2.43. The van der Waals surface area contributed by atoms with E-state index >= 15 is 0 Å². The lowest BCUT2D eigenvalue weighted by molar-refractivity contribution is 0.0271. The van der Waals surface area contributed by atoms with Gasteiger partial charge in [0.25, 0.3) is 11.5 Å². The third-order valence-corrected chi connectivity index (χ3v) is 5.53. The number of pyridine rings is 2. The number of aromatic nitrogens is 2. The number of rotatable bonds is 6. The van der Waals surface area contributed by atoms with E-state index in [2.05, 4.69) is 10.3 Å². The van der Waals surface area contributed by atoms with Gasteiger partial charge in [-0.2, -0.15) is 0 Å². The Kier molecular flexibility index (Phi) is 6.05. The van der Waals surface area contributed by atoms with Crippen LogP contribution in [0.25, 0.3) is 5.69 Å². The number of nitrogens with one attached hydrogen (secondary N) is 1. The molecule has 0 spiro atoms. The third kappa shape index (κ3) is 4.33. The van der Waals surface area contributed by atoms with Gasteiger partial charge < -0.3 is 10.1 Å². The highest BCUT2D eigenvalue weighted by atomic mass is 16.5. The number of nitrogens with zero attached hydrogens (tertiary/aromatic N) is 2. The molecule has 1 saturated carbocycles. The molecule has 30 heavy (non-hydrogen) atoms. The summed E-state index contributed by atoms with van der Waals surface area (Å²) < 4.78 is 7.54. The van der Waals surface area contributed by atoms with Crippen molar-refractivity contribution in [1.29, 1.82) is 0 Å². The summed E-state index contributed by atoms with van der Waals surface area (Å²) in [6.07, 6.45) is 7.58. The Morgan fingerprint density at radius 1 is 1.17 bits per heavy atom. The fraction of sp³-hybridized carbons (Fsp3) is 0.292. The molecule has 2 aromatic heterocycles. The minimum absolute atomic E-state index is 0.0567. The van der Waals surface area contributed by atoms with Gasteiger partial charge in [0.05, 0.1) is 30.6 Å². The normalized spacial score (nSPS) is 18.3. The second-order valence-corrected chi connectivity index (χ2v) is 7.61. The molecule has 1 N–H and O–H groups in total. The number of hydrogen-bond donors (Lipinski definition) is 1. The Morgan fingerprint density at radius 3 is 2.77 bits per heavy atom. The standard InChI is InChI=1S/C24H25N3O3/c1-17-12-14-27(19-9-6-13-25-15-19)24(29)22(17)23(28)26-20-10-5-11-21(20)30-16-18-7-3-2-4-8-18/h2-4,6-9,12-15,20-21H,5,10-11,16H2,1H3,(H,26,28)/t20-,21-/m1/s1. The lowest BCUT2D eigenvalue weighted by atomic mass is 10.1. The molecule has 0 radical (unpaired) electrons. The summed E-state index contributed by atoms with van der Waals surface area (Å²) in [5.41, 5.74) is 2.20. The monoisotopic (exact) mass is 403 g/mol. The third-order valence-electron chi connectivity index (χ3n) is 5.53. The molecule has 2 atom stereocenters. The maximum absolute atomic E-state index is 13.1. The van der Waals surface area contributed by atoms with Crippen molar-refractivity contribution in [1.82, 2.24) is 14.9 Å². The van der Waals surface area contributed by atoms with Crippen molar-refractivity contribution in [2.75, 3.05) is 0 Å². The smallest absolute Gasteiger partial charge is 0.268 e. The number of ether oxygens (including phenoxy) is 1. The molecule has 6 nitrogen and oxygen atoms in total. The molecule has 3 aromatic rings. The van der Waals surface area contributed by atoms with E-state index in [0.717, 1.165) is 24.8 Å². The molecule has 0 saturated heterocycles. The first kappa shape index (κ1) is 20.0. The number of aryl methyl sites for hydroxylation is 1. The van der Waals surface area contributed by atoms with Gasteiger partial charge in [0.1, 0.15) is 5.56 Å². The van der Waals surface area contributed by atoms with Crippen molar-refractivity contribution >= 4 is 5.91 Å². The topological polar surface area (TPSA) is 73.2 Å². The highest BCUT2D eigenvalue weighted by Crippen LogP contribution is 2.24. The van der Waals surface area contributed by atoms with Crippen LogP contribution in [0.3, 0.4) is 0 Å². The summed E-state index contributed by atoms with van der Waals surface area (Å²) in [6, 6.07) is 15.2. The lowest BCUT2D eigenvalue weighted by Gasteiger charge is -2.22. The van der Waals surface area contributed by atoms with Crippen molar-refractivity contribution in [3.05, 3.63) is 94.2 Å². The van der Waals surface area contributed by atoms with E-state index in [4.69, 9.17) is 4.74 Å². The summed E-state index contributed by atoms with van der Waals surface area (Å²) >= 11 is 0. The van der Waals surface area contributed by atoms with Crippen molar-refractivity contribution in [3.8, 4) is 5.69 Å². The molecule has 4 rings (SSSR count). The molecule has 6 heteroatoms. The van der Waals surface area contributed by atoms with E-state index in [1.54, 1.807) is 43.7 Å². The maximum Gasteiger partial charge on any atom is 0.268 e. The van der Waals surface area contributed by atoms with Gasteiger partial charge in [0.2, 0.25) is 0 Å². The SMILES string of the molecule is Cc1ccn(-c2cccnc2)c(=O)c1C(=O)N[C@@H]1CCC[C@H]1OCc1ccccc1. The van der Waals surface area contributed by atoms with Crippen LogP contribution in [0.15, 0.2) is 71.9 Å². The van der Waals surface area contributed by atoms with Crippen LogP contribution in [0.2, 0.25) is 0 Å². The zero-order valence-electron chi connectivity index (χ0n) is 17.0. The van der Waals surface area contributed by atoms with Crippen LogP contribution in [0.4, 0.5) is 0 Å². The molecule has 0 bridgehead atoms. The van der Waals surface area contributed by atoms with Crippen molar-refractivity contribution < 1.29 is 9.53 Å². The predicted octanol–water partition coefficient (Wildman–Crippen LogP) is 3.41. The summed E-state index contributed by atoms with van der Waals surface area (Å²) in [5, 5.41) is 3.05. The zero-order chi connectivity index (χ0) is 20.9. The Hall–Kier alpha value is -3.25. The van der Waals surface area contributed by atoms with E-state index < -0.39 is 0 Å². The molecule has 1 amide bonds. The van der Waals surface area contributed by atoms with Crippen molar-refractivity contribution in [3.63, 3.8) is 0 Å². The predicted molar refractivity (Wildman–Crippen MR) is 115 cm³/mol. The molecule has 1 aromatic carbocycles. The maximum atomic E-state index is 13.1. The van der Waals surface area contributed by atoms with Gasteiger partial charge in [0, 0.05) is 12.4 Å². The molecule has 0 aliphatic heterocycles. The van der Waals surface area contributed by atoms with Crippen LogP contribution in [-0.2, 0) is 11.3 Å². The Morgan fingerprint density at radius 2 is 2.00 bits per heavy atom. The fourth-order valence-corrected chi connectivity index (χ4v) is 3.91. The van der Waals surface area contributed by atoms with Gasteiger partial charge in [0.15, 0.2) is 0 Å². The number of carbonyl (C=O) groups is 1. The van der Waals surface area contributed by atoms with Gasteiger partial charge in [-0.15, -0.1) is 0 Å². The van der Waals surface area contributed by atoms with E-state index in [0.29, 0.717) is 17.9 Å². The summed E-state index contributed by atoms with van der Waals surface area (Å²) in [6.45, 7) is 2.29. The van der Waals surface area contributed by atoms with Crippen LogP contribution in [-0.4, -0.2) is 27.6 Å². The van der Waals surface area contributed by atoms with Crippen LogP contribution >= 0.6 is 0 Å². The highest BCUT2D eigenvalue weighted by Gasteiger charge is 2.30. The average Bonchev–Trinajstić information content (AvgIpc) is 3.20. The molecule has 2 heterocycles. The molecular formula is C24H25N3O3. The average molecular weight is 403 g/mol. The van der Waals surface area contributed by atoms with E-state index in [1.165, 1.54) is 4.57 Å². The van der Waals surface area contributed by atoms with E-state index in [1.807, 2.05) is 30.3 Å². The first-order chi connectivity index (χ1) is 14.6. The molecule has 0 unspecified atom stereocenters. The quantitative estimate of drug-likeness (QED) is 0.685.